The maximum absolute atomic E-state index is 12.6. The molecule has 154 valence electrons. The highest BCUT2D eigenvalue weighted by atomic mass is 16.5. The lowest BCUT2D eigenvalue weighted by Gasteiger charge is -2.32. The average Bonchev–Trinajstić information content (AvgIpc) is 2.80. The molecule has 2 aliphatic heterocycles. The number of ether oxygens (including phenoxy) is 1. The van der Waals surface area contributed by atoms with E-state index in [0.29, 0.717) is 12.3 Å². The Bertz CT molecular complexity index is 815. The molecule has 1 amide bonds. The summed E-state index contributed by atoms with van der Waals surface area (Å²) in [5, 5.41) is 0. The summed E-state index contributed by atoms with van der Waals surface area (Å²) in [6.07, 6.45) is 6.64. The molecule has 2 saturated heterocycles. The molecule has 0 N–H and O–H groups in total. The lowest BCUT2D eigenvalue weighted by atomic mass is 9.95. The molecule has 4 rings (SSSR count). The van der Waals surface area contributed by atoms with Crippen LogP contribution in [0.3, 0.4) is 0 Å². The molecule has 7 heteroatoms. The van der Waals surface area contributed by atoms with Gasteiger partial charge in [-0.1, -0.05) is 13.0 Å². The SMILES string of the molecule is CCc1cc(N2CCOCC2)nc(C2CCN(C(=O)Cc3cccnc3)CC2)n1. The molecule has 0 atom stereocenters. The molecule has 0 aromatic carbocycles. The monoisotopic (exact) mass is 395 g/mol. The van der Waals surface area contributed by atoms with Gasteiger partial charge in [-0.05, 0) is 30.9 Å². The molecule has 7 nitrogen and oxygen atoms in total. The first kappa shape index (κ1) is 19.8. The van der Waals surface area contributed by atoms with Gasteiger partial charge in [-0.2, -0.15) is 0 Å². The minimum absolute atomic E-state index is 0.175. The Kier molecular flexibility index (Phi) is 6.34. The first-order valence-electron chi connectivity index (χ1n) is 10.6. The lowest BCUT2D eigenvalue weighted by Crippen LogP contribution is -2.39. The summed E-state index contributed by atoms with van der Waals surface area (Å²) < 4.78 is 5.47. The van der Waals surface area contributed by atoms with E-state index in [1.54, 1.807) is 12.4 Å². The number of pyridine rings is 1. The second-order valence-electron chi connectivity index (χ2n) is 7.72. The summed E-state index contributed by atoms with van der Waals surface area (Å²) in [5.74, 6) is 2.44. The zero-order valence-electron chi connectivity index (χ0n) is 17.1. The smallest absolute Gasteiger partial charge is 0.227 e. The number of morpholine rings is 1. The van der Waals surface area contributed by atoms with Crippen molar-refractivity contribution >= 4 is 11.7 Å². The standard InChI is InChI=1S/C22H29N5O2/c1-2-19-15-20(26-10-12-29-13-11-26)25-22(24-19)18-5-8-27(9-6-18)21(28)14-17-4-3-7-23-16-17/h3-4,7,15-16,18H,2,5-6,8-14H2,1H3. The predicted molar refractivity (Wildman–Crippen MR) is 111 cm³/mol. The van der Waals surface area contributed by atoms with Crippen LogP contribution in [0.4, 0.5) is 5.82 Å². The van der Waals surface area contributed by atoms with Gasteiger partial charge in [0.15, 0.2) is 0 Å². The molecule has 29 heavy (non-hydrogen) atoms. The predicted octanol–water partition coefficient (Wildman–Crippen LogP) is 2.22. The third-order valence-electron chi connectivity index (χ3n) is 5.77. The van der Waals surface area contributed by atoms with E-state index in [1.807, 2.05) is 17.0 Å². The highest BCUT2D eigenvalue weighted by Crippen LogP contribution is 2.28. The van der Waals surface area contributed by atoms with Crippen LogP contribution in [0.5, 0.6) is 0 Å². The van der Waals surface area contributed by atoms with Crippen molar-refractivity contribution in [1.29, 1.82) is 0 Å². The van der Waals surface area contributed by atoms with Crippen LogP contribution in [0.1, 0.15) is 42.8 Å². The molecule has 0 spiro atoms. The molecule has 0 radical (unpaired) electrons. The third kappa shape index (κ3) is 4.90. The Labute approximate surface area is 172 Å². The van der Waals surface area contributed by atoms with Crippen LogP contribution in [-0.2, 0) is 22.4 Å². The number of carbonyl (C=O) groups excluding carboxylic acids is 1. The van der Waals surface area contributed by atoms with Gasteiger partial charge in [0.05, 0.1) is 19.6 Å². The van der Waals surface area contributed by atoms with E-state index in [0.717, 1.165) is 81.6 Å². The van der Waals surface area contributed by atoms with Crippen LogP contribution >= 0.6 is 0 Å². The summed E-state index contributed by atoms with van der Waals surface area (Å²) in [4.78, 5) is 30.7. The van der Waals surface area contributed by atoms with Gasteiger partial charge in [0, 0.05) is 56.3 Å². The average molecular weight is 396 g/mol. The number of hydrogen-bond donors (Lipinski definition) is 0. The van der Waals surface area contributed by atoms with E-state index in [-0.39, 0.29) is 5.91 Å². The molecule has 0 saturated carbocycles. The molecular formula is C22H29N5O2. The van der Waals surface area contributed by atoms with E-state index >= 15 is 0 Å². The fraction of sp³-hybridized carbons (Fsp3) is 0.545. The van der Waals surface area contributed by atoms with Crippen LogP contribution in [0, 0.1) is 0 Å². The van der Waals surface area contributed by atoms with Crippen molar-refractivity contribution in [3.05, 3.63) is 47.7 Å². The summed E-state index contributed by atoms with van der Waals surface area (Å²) in [6.45, 7) is 6.90. The minimum Gasteiger partial charge on any atom is -0.378 e. The number of aryl methyl sites for hydroxylation is 1. The molecule has 2 aromatic heterocycles. The number of amides is 1. The Morgan fingerprint density at radius 3 is 2.66 bits per heavy atom. The quantitative estimate of drug-likeness (QED) is 0.773. The van der Waals surface area contributed by atoms with Crippen molar-refractivity contribution in [3.8, 4) is 0 Å². The summed E-state index contributed by atoms with van der Waals surface area (Å²) >= 11 is 0. The number of rotatable bonds is 5. The number of likely N-dealkylation sites (tertiary alicyclic amines) is 1. The number of aromatic nitrogens is 3. The second-order valence-corrected chi connectivity index (χ2v) is 7.72. The van der Waals surface area contributed by atoms with E-state index in [1.165, 1.54) is 0 Å². The third-order valence-corrected chi connectivity index (χ3v) is 5.77. The van der Waals surface area contributed by atoms with Crippen molar-refractivity contribution in [2.24, 2.45) is 0 Å². The van der Waals surface area contributed by atoms with Gasteiger partial charge in [0.2, 0.25) is 5.91 Å². The van der Waals surface area contributed by atoms with Crippen LogP contribution in [0.25, 0.3) is 0 Å². The van der Waals surface area contributed by atoms with Gasteiger partial charge in [-0.3, -0.25) is 9.78 Å². The van der Waals surface area contributed by atoms with E-state index in [4.69, 9.17) is 14.7 Å². The van der Waals surface area contributed by atoms with Crippen LogP contribution in [-0.4, -0.2) is 65.2 Å². The van der Waals surface area contributed by atoms with Gasteiger partial charge in [0.1, 0.15) is 11.6 Å². The molecule has 0 unspecified atom stereocenters. The zero-order chi connectivity index (χ0) is 20.1. The molecule has 2 aromatic rings. The minimum atomic E-state index is 0.175. The Morgan fingerprint density at radius 2 is 1.97 bits per heavy atom. The first-order valence-corrected chi connectivity index (χ1v) is 10.6. The van der Waals surface area contributed by atoms with E-state index < -0.39 is 0 Å². The van der Waals surface area contributed by atoms with Crippen molar-refractivity contribution in [3.63, 3.8) is 0 Å². The van der Waals surface area contributed by atoms with Gasteiger partial charge < -0.3 is 14.5 Å². The van der Waals surface area contributed by atoms with Crippen LogP contribution in [0.15, 0.2) is 30.6 Å². The van der Waals surface area contributed by atoms with E-state index in [2.05, 4.69) is 22.9 Å². The maximum atomic E-state index is 12.6. The van der Waals surface area contributed by atoms with Gasteiger partial charge in [0.25, 0.3) is 0 Å². The number of hydrogen-bond acceptors (Lipinski definition) is 6. The molecular weight excluding hydrogens is 366 g/mol. The molecule has 4 heterocycles. The Morgan fingerprint density at radius 1 is 1.17 bits per heavy atom. The number of carbonyl (C=O) groups is 1. The zero-order valence-corrected chi connectivity index (χ0v) is 17.1. The largest absolute Gasteiger partial charge is 0.378 e. The van der Waals surface area contributed by atoms with Crippen LogP contribution in [0.2, 0.25) is 0 Å². The van der Waals surface area contributed by atoms with Crippen molar-refractivity contribution in [1.82, 2.24) is 19.9 Å². The summed E-state index contributed by atoms with van der Waals surface area (Å²) in [5.41, 5.74) is 2.06. The van der Waals surface area contributed by atoms with E-state index in [9.17, 15) is 4.79 Å². The lowest BCUT2D eigenvalue weighted by molar-refractivity contribution is -0.131. The van der Waals surface area contributed by atoms with Crippen molar-refractivity contribution in [2.45, 2.75) is 38.5 Å². The maximum Gasteiger partial charge on any atom is 0.227 e. The molecule has 0 bridgehead atoms. The number of anilines is 1. The second kappa shape index (κ2) is 9.31. The summed E-state index contributed by atoms with van der Waals surface area (Å²) in [6, 6.07) is 5.94. The molecule has 0 aliphatic carbocycles. The number of nitrogens with zero attached hydrogens (tertiary/aromatic N) is 5. The first-order chi connectivity index (χ1) is 14.2. The summed E-state index contributed by atoms with van der Waals surface area (Å²) in [7, 11) is 0. The molecule has 2 fully saturated rings. The van der Waals surface area contributed by atoms with Crippen molar-refractivity contribution < 1.29 is 9.53 Å². The van der Waals surface area contributed by atoms with Gasteiger partial charge in [-0.25, -0.2) is 9.97 Å². The topological polar surface area (TPSA) is 71.5 Å². The van der Waals surface area contributed by atoms with Gasteiger partial charge in [-0.15, -0.1) is 0 Å². The fourth-order valence-electron chi connectivity index (χ4n) is 4.00. The van der Waals surface area contributed by atoms with Gasteiger partial charge >= 0.3 is 0 Å². The highest BCUT2D eigenvalue weighted by molar-refractivity contribution is 5.78. The highest BCUT2D eigenvalue weighted by Gasteiger charge is 2.26. The Hall–Kier alpha value is -2.54. The molecule has 2 aliphatic rings. The fourth-order valence-corrected chi connectivity index (χ4v) is 4.00. The Balaban J connectivity index is 1.40. The van der Waals surface area contributed by atoms with Crippen molar-refractivity contribution in [2.75, 3.05) is 44.3 Å². The van der Waals surface area contributed by atoms with Crippen LogP contribution < -0.4 is 4.90 Å². The number of piperidine rings is 1. The normalized spacial score (nSPS) is 18.1.